The standard InChI is InChI=1S/C13H16FNO3S/c1-13(2,7-19-3)15-11(16)8-5-4-6-9(14)10(8)12(17)18/h4-6H,7H2,1-3H3,(H,15,16)(H,17,18). The third-order valence-electron chi connectivity index (χ3n) is 2.43. The lowest BCUT2D eigenvalue weighted by molar-refractivity contribution is 0.0684. The van der Waals surface area contributed by atoms with Crippen molar-refractivity contribution >= 4 is 23.6 Å². The zero-order chi connectivity index (χ0) is 14.6. The maximum absolute atomic E-state index is 13.5. The first-order valence-corrected chi connectivity index (χ1v) is 7.01. The molecular weight excluding hydrogens is 269 g/mol. The number of nitrogens with one attached hydrogen (secondary N) is 1. The van der Waals surface area contributed by atoms with Crippen LogP contribution in [0.4, 0.5) is 4.39 Å². The molecule has 0 spiro atoms. The number of rotatable bonds is 5. The third-order valence-corrected chi connectivity index (χ3v) is 3.44. The highest BCUT2D eigenvalue weighted by Gasteiger charge is 2.25. The number of benzene rings is 1. The normalized spacial score (nSPS) is 11.2. The van der Waals surface area contributed by atoms with Gasteiger partial charge in [-0.25, -0.2) is 9.18 Å². The Labute approximate surface area is 115 Å². The van der Waals surface area contributed by atoms with E-state index in [1.165, 1.54) is 12.1 Å². The number of hydrogen-bond donors (Lipinski definition) is 2. The number of carboxylic acid groups (broad SMARTS) is 1. The molecule has 19 heavy (non-hydrogen) atoms. The molecule has 1 aromatic carbocycles. The van der Waals surface area contributed by atoms with Crippen molar-refractivity contribution in [3.63, 3.8) is 0 Å². The molecule has 1 rings (SSSR count). The van der Waals surface area contributed by atoms with Crippen LogP contribution in [0.1, 0.15) is 34.6 Å². The Bertz CT molecular complexity index is 503. The molecule has 0 heterocycles. The summed E-state index contributed by atoms with van der Waals surface area (Å²) < 4.78 is 13.5. The minimum atomic E-state index is -1.45. The molecule has 0 aliphatic rings. The van der Waals surface area contributed by atoms with E-state index < -0.39 is 28.8 Å². The highest BCUT2D eigenvalue weighted by Crippen LogP contribution is 2.16. The Hall–Kier alpha value is -1.56. The van der Waals surface area contributed by atoms with Gasteiger partial charge in [0.15, 0.2) is 0 Å². The van der Waals surface area contributed by atoms with Crippen molar-refractivity contribution in [2.75, 3.05) is 12.0 Å². The highest BCUT2D eigenvalue weighted by atomic mass is 32.2. The first kappa shape index (κ1) is 15.5. The summed E-state index contributed by atoms with van der Waals surface area (Å²) in [6.07, 6.45) is 1.90. The molecule has 0 atom stereocenters. The molecule has 2 N–H and O–H groups in total. The molecule has 0 aliphatic heterocycles. The van der Waals surface area contributed by atoms with Crippen LogP contribution < -0.4 is 5.32 Å². The van der Waals surface area contributed by atoms with Crippen molar-refractivity contribution in [1.29, 1.82) is 0 Å². The number of amides is 1. The van der Waals surface area contributed by atoms with Crippen LogP contribution in [0.3, 0.4) is 0 Å². The topological polar surface area (TPSA) is 66.4 Å². The smallest absolute Gasteiger partial charge is 0.339 e. The van der Waals surface area contributed by atoms with Crippen molar-refractivity contribution < 1.29 is 19.1 Å². The van der Waals surface area contributed by atoms with E-state index in [2.05, 4.69) is 5.32 Å². The van der Waals surface area contributed by atoms with E-state index in [1.54, 1.807) is 11.8 Å². The van der Waals surface area contributed by atoms with E-state index in [9.17, 15) is 14.0 Å². The van der Waals surface area contributed by atoms with Crippen LogP contribution in [-0.4, -0.2) is 34.5 Å². The average molecular weight is 285 g/mol. The quantitative estimate of drug-likeness (QED) is 0.871. The molecule has 6 heteroatoms. The van der Waals surface area contributed by atoms with Gasteiger partial charge in [0.2, 0.25) is 0 Å². The van der Waals surface area contributed by atoms with Gasteiger partial charge in [0, 0.05) is 11.3 Å². The second-order valence-corrected chi connectivity index (χ2v) is 5.60. The van der Waals surface area contributed by atoms with Crippen LogP contribution in [0.25, 0.3) is 0 Å². The van der Waals surface area contributed by atoms with Crippen LogP contribution in [0.5, 0.6) is 0 Å². The summed E-state index contributed by atoms with van der Waals surface area (Å²) >= 11 is 1.55. The Kier molecular flexibility index (Phi) is 4.94. The van der Waals surface area contributed by atoms with Crippen molar-refractivity contribution in [2.45, 2.75) is 19.4 Å². The molecule has 0 aromatic heterocycles. The summed E-state index contributed by atoms with van der Waals surface area (Å²) in [5, 5.41) is 11.7. The molecule has 4 nitrogen and oxygen atoms in total. The number of thioether (sulfide) groups is 1. The van der Waals surface area contributed by atoms with Gasteiger partial charge in [0.05, 0.1) is 5.56 Å². The Morgan fingerprint density at radius 3 is 2.58 bits per heavy atom. The maximum atomic E-state index is 13.5. The van der Waals surface area contributed by atoms with E-state index in [1.807, 2.05) is 20.1 Å². The first-order chi connectivity index (χ1) is 8.78. The van der Waals surface area contributed by atoms with Gasteiger partial charge in [-0.05, 0) is 32.2 Å². The van der Waals surface area contributed by atoms with Crippen LogP contribution >= 0.6 is 11.8 Å². The predicted octanol–water partition coefficient (Wildman–Crippen LogP) is 2.40. The second kappa shape index (κ2) is 6.06. The van der Waals surface area contributed by atoms with Gasteiger partial charge in [-0.2, -0.15) is 11.8 Å². The van der Waals surface area contributed by atoms with Gasteiger partial charge in [-0.1, -0.05) is 6.07 Å². The summed E-state index contributed by atoms with van der Waals surface area (Å²) in [7, 11) is 0. The van der Waals surface area contributed by atoms with Crippen LogP contribution in [0.2, 0.25) is 0 Å². The van der Waals surface area contributed by atoms with Gasteiger partial charge in [0.25, 0.3) is 5.91 Å². The molecule has 0 unspecified atom stereocenters. The Balaban J connectivity index is 3.07. The zero-order valence-corrected chi connectivity index (χ0v) is 11.8. The fourth-order valence-electron chi connectivity index (χ4n) is 1.70. The summed E-state index contributed by atoms with van der Waals surface area (Å²) in [5.41, 5.74) is -1.26. The molecule has 0 aliphatic carbocycles. The molecule has 0 saturated carbocycles. The maximum Gasteiger partial charge on any atom is 0.339 e. The SMILES string of the molecule is CSCC(C)(C)NC(=O)c1cccc(F)c1C(=O)O. The molecule has 0 saturated heterocycles. The van der Waals surface area contributed by atoms with E-state index in [0.29, 0.717) is 5.75 Å². The molecule has 1 aromatic rings. The number of carboxylic acids is 1. The first-order valence-electron chi connectivity index (χ1n) is 5.62. The summed E-state index contributed by atoms with van der Waals surface area (Å²) in [6, 6.07) is 3.64. The number of carbonyl (C=O) groups is 2. The lowest BCUT2D eigenvalue weighted by Crippen LogP contribution is -2.45. The average Bonchev–Trinajstić information content (AvgIpc) is 2.27. The lowest BCUT2D eigenvalue weighted by atomic mass is 10.0. The number of aromatic carboxylic acids is 1. The van der Waals surface area contributed by atoms with E-state index in [0.717, 1.165) is 6.07 Å². The van der Waals surface area contributed by atoms with Crippen molar-refractivity contribution in [3.05, 3.63) is 35.1 Å². The van der Waals surface area contributed by atoms with Crippen molar-refractivity contribution in [3.8, 4) is 0 Å². The van der Waals surface area contributed by atoms with E-state index >= 15 is 0 Å². The highest BCUT2D eigenvalue weighted by molar-refractivity contribution is 7.98. The largest absolute Gasteiger partial charge is 0.478 e. The molecule has 0 radical (unpaired) electrons. The minimum Gasteiger partial charge on any atom is -0.478 e. The zero-order valence-electron chi connectivity index (χ0n) is 11.0. The van der Waals surface area contributed by atoms with Gasteiger partial charge >= 0.3 is 5.97 Å². The van der Waals surface area contributed by atoms with Crippen LogP contribution in [0.15, 0.2) is 18.2 Å². The van der Waals surface area contributed by atoms with Gasteiger partial charge in [-0.15, -0.1) is 0 Å². The predicted molar refractivity (Wildman–Crippen MR) is 73.3 cm³/mol. The molecule has 0 bridgehead atoms. The third kappa shape index (κ3) is 3.96. The molecule has 1 amide bonds. The summed E-state index contributed by atoms with van der Waals surface area (Å²) in [4.78, 5) is 23.1. The summed E-state index contributed by atoms with van der Waals surface area (Å²) in [5.74, 6) is -2.29. The van der Waals surface area contributed by atoms with Crippen LogP contribution in [0, 0.1) is 5.82 Å². The minimum absolute atomic E-state index is 0.165. The van der Waals surface area contributed by atoms with Crippen molar-refractivity contribution in [1.82, 2.24) is 5.32 Å². The molecule has 0 fully saturated rings. The van der Waals surface area contributed by atoms with E-state index in [-0.39, 0.29) is 5.56 Å². The van der Waals surface area contributed by atoms with E-state index in [4.69, 9.17) is 5.11 Å². The van der Waals surface area contributed by atoms with Gasteiger partial charge < -0.3 is 10.4 Å². The Morgan fingerprint density at radius 2 is 2.05 bits per heavy atom. The lowest BCUT2D eigenvalue weighted by Gasteiger charge is -2.25. The van der Waals surface area contributed by atoms with Gasteiger partial charge in [-0.3, -0.25) is 4.79 Å². The van der Waals surface area contributed by atoms with Crippen molar-refractivity contribution in [2.24, 2.45) is 0 Å². The van der Waals surface area contributed by atoms with Crippen LogP contribution in [-0.2, 0) is 0 Å². The number of halogens is 1. The monoisotopic (exact) mass is 285 g/mol. The fourth-order valence-corrected chi connectivity index (χ4v) is 2.50. The number of carbonyl (C=O) groups excluding carboxylic acids is 1. The second-order valence-electron chi connectivity index (χ2n) is 4.74. The number of hydrogen-bond acceptors (Lipinski definition) is 3. The summed E-state index contributed by atoms with van der Waals surface area (Å²) in [6.45, 7) is 3.64. The fraction of sp³-hybridized carbons (Fsp3) is 0.385. The molecular formula is C13H16FNO3S. The molecule has 104 valence electrons. The Morgan fingerprint density at radius 1 is 1.42 bits per heavy atom. The van der Waals surface area contributed by atoms with Gasteiger partial charge in [0.1, 0.15) is 11.4 Å².